The molecule has 1 aromatic heterocycles. The lowest BCUT2D eigenvalue weighted by molar-refractivity contribution is 0.267. The van der Waals surface area contributed by atoms with Crippen molar-refractivity contribution in [1.82, 2.24) is 4.98 Å². The quantitative estimate of drug-likeness (QED) is 0.875. The Morgan fingerprint density at radius 2 is 2.10 bits per heavy atom. The molecule has 0 spiro atoms. The molecule has 0 saturated heterocycles. The van der Waals surface area contributed by atoms with Gasteiger partial charge >= 0.3 is 0 Å². The molecule has 1 aromatic carbocycles. The third-order valence-corrected chi connectivity index (χ3v) is 3.41. The number of nitrogens with zero attached hydrogens (tertiary/aromatic N) is 2. The van der Waals surface area contributed by atoms with Gasteiger partial charge in [0.25, 0.3) is 0 Å². The van der Waals surface area contributed by atoms with Gasteiger partial charge < -0.3 is 10.4 Å². The highest BCUT2D eigenvalue weighted by Crippen LogP contribution is 2.21. The van der Waals surface area contributed by atoms with Gasteiger partial charge in [-0.15, -0.1) is 0 Å². The van der Waals surface area contributed by atoms with Crippen LogP contribution in [-0.4, -0.2) is 22.7 Å². The standard InChI is InChI=1S/C16H19N3O/c1-11(2)14(7-8-20)18-16-9-12(10-17)13-5-3-4-6-15(13)19-16/h3-6,9,11,14,20H,7-8H2,1-2H3,(H,18,19). The maximum absolute atomic E-state index is 9.26. The Bertz CT molecular complexity index is 631. The summed E-state index contributed by atoms with van der Waals surface area (Å²) < 4.78 is 0. The molecule has 0 aliphatic carbocycles. The molecule has 0 amide bonds. The minimum absolute atomic E-state index is 0.133. The fourth-order valence-corrected chi connectivity index (χ4v) is 2.24. The van der Waals surface area contributed by atoms with E-state index in [0.717, 1.165) is 10.9 Å². The van der Waals surface area contributed by atoms with Crippen LogP contribution in [0.5, 0.6) is 0 Å². The molecule has 104 valence electrons. The lowest BCUT2D eigenvalue weighted by Gasteiger charge is -2.22. The fourth-order valence-electron chi connectivity index (χ4n) is 2.24. The van der Waals surface area contributed by atoms with E-state index in [1.165, 1.54) is 0 Å². The number of para-hydroxylation sites is 1. The monoisotopic (exact) mass is 269 g/mol. The van der Waals surface area contributed by atoms with Crippen molar-refractivity contribution in [2.24, 2.45) is 5.92 Å². The first-order chi connectivity index (χ1) is 9.65. The minimum atomic E-state index is 0.133. The Hall–Kier alpha value is -2.12. The average Bonchev–Trinajstić information content (AvgIpc) is 2.45. The van der Waals surface area contributed by atoms with Crippen molar-refractivity contribution in [1.29, 1.82) is 5.26 Å². The number of hydrogen-bond donors (Lipinski definition) is 2. The van der Waals surface area contributed by atoms with E-state index in [2.05, 4.69) is 30.2 Å². The molecule has 0 aliphatic heterocycles. The minimum Gasteiger partial charge on any atom is -0.396 e. The fraction of sp³-hybridized carbons (Fsp3) is 0.375. The zero-order chi connectivity index (χ0) is 14.5. The lowest BCUT2D eigenvalue weighted by atomic mass is 10.0. The second kappa shape index (κ2) is 6.36. The molecule has 2 aromatic rings. The van der Waals surface area contributed by atoms with Crippen LogP contribution in [-0.2, 0) is 0 Å². The van der Waals surface area contributed by atoms with Crippen molar-refractivity contribution in [2.75, 3.05) is 11.9 Å². The Labute approximate surface area is 119 Å². The van der Waals surface area contributed by atoms with Crippen molar-refractivity contribution >= 4 is 16.7 Å². The van der Waals surface area contributed by atoms with Gasteiger partial charge in [-0.2, -0.15) is 5.26 Å². The number of nitriles is 1. The average molecular weight is 269 g/mol. The van der Waals surface area contributed by atoms with Crippen molar-refractivity contribution in [3.05, 3.63) is 35.9 Å². The van der Waals surface area contributed by atoms with Crippen LogP contribution in [0.1, 0.15) is 25.8 Å². The van der Waals surface area contributed by atoms with Crippen LogP contribution in [0.3, 0.4) is 0 Å². The number of aromatic nitrogens is 1. The number of aliphatic hydroxyl groups excluding tert-OH is 1. The van der Waals surface area contributed by atoms with E-state index in [-0.39, 0.29) is 12.6 Å². The summed E-state index contributed by atoms with van der Waals surface area (Å²) in [5.41, 5.74) is 1.42. The summed E-state index contributed by atoms with van der Waals surface area (Å²) in [4.78, 5) is 4.54. The first kappa shape index (κ1) is 14.3. The van der Waals surface area contributed by atoms with Crippen LogP contribution in [0.25, 0.3) is 10.9 Å². The third kappa shape index (κ3) is 3.06. The van der Waals surface area contributed by atoms with Crippen molar-refractivity contribution in [3.63, 3.8) is 0 Å². The molecule has 0 aliphatic rings. The van der Waals surface area contributed by atoms with Gasteiger partial charge in [0.15, 0.2) is 0 Å². The maximum atomic E-state index is 9.26. The number of hydrogen-bond acceptors (Lipinski definition) is 4. The second-order valence-corrected chi connectivity index (χ2v) is 5.19. The van der Waals surface area contributed by atoms with E-state index in [0.29, 0.717) is 23.7 Å². The summed E-state index contributed by atoms with van der Waals surface area (Å²) in [6.07, 6.45) is 0.661. The van der Waals surface area contributed by atoms with Gasteiger partial charge in [0.05, 0.1) is 17.1 Å². The van der Waals surface area contributed by atoms with E-state index in [4.69, 9.17) is 5.11 Å². The van der Waals surface area contributed by atoms with Gasteiger partial charge in [0.1, 0.15) is 5.82 Å². The molecule has 1 heterocycles. The predicted molar refractivity (Wildman–Crippen MR) is 80.4 cm³/mol. The molecule has 1 atom stereocenters. The molecule has 4 heteroatoms. The van der Waals surface area contributed by atoms with Crippen molar-refractivity contribution in [3.8, 4) is 6.07 Å². The zero-order valence-corrected chi connectivity index (χ0v) is 11.8. The van der Waals surface area contributed by atoms with E-state index in [1.54, 1.807) is 6.07 Å². The smallest absolute Gasteiger partial charge is 0.128 e. The lowest BCUT2D eigenvalue weighted by Crippen LogP contribution is -2.27. The summed E-state index contributed by atoms with van der Waals surface area (Å²) in [6.45, 7) is 4.33. The van der Waals surface area contributed by atoms with E-state index in [9.17, 15) is 5.26 Å². The van der Waals surface area contributed by atoms with Gasteiger partial charge in [-0.05, 0) is 24.5 Å². The summed E-state index contributed by atoms with van der Waals surface area (Å²) in [5.74, 6) is 1.06. The van der Waals surface area contributed by atoms with Crippen molar-refractivity contribution < 1.29 is 5.11 Å². The first-order valence-electron chi connectivity index (χ1n) is 6.83. The molecular formula is C16H19N3O. The number of rotatable bonds is 5. The normalized spacial score (nSPS) is 12.3. The number of nitrogens with one attached hydrogen (secondary N) is 1. The number of anilines is 1. The van der Waals surface area contributed by atoms with Gasteiger partial charge in [0.2, 0.25) is 0 Å². The van der Waals surface area contributed by atoms with Crippen LogP contribution in [0.4, 0.5) is 5.82 Å². The molecule has 0 bridgehead atoms. The summed E-state index contributed by atoms with van der Waals surface area (Å²) in [5, 5.41) is 22.6. The van der Waals surface area contributed by atoms with Crippen LogP contribution in [0.2, 0.25) is 0 Å². The van der Waals surface area contributed by atoms with Crippen molar-refractivity contribution in [2.45, 2.75) is 26.3 Å². The predicted octanol–water partition coefficient (Wildman–Crippen LogP) is 2.93. The van der Waals surface area contributed by atoms with Crippen LogP contribution >= 0.6 is 0 Å². The van der Waals surface area contributed by atoms with E-state index < -0.39 is 0 Å². The third-order valence-electron chi connectivity index (χ3n) is 3.41. The Balaban J connectivity index is 2.37. The zero-order valence-electron chi connectivity index (χ0n) is 11.8. The number of pyridine rings is 1. The van der Waals surface area contributed by atoms with Gasteiger partial charge in [-0.3, -0.25) is 0 Å². The van der Waals surface area contributed by atoms with Gasteiger partial charge in [-0.1, -0.05) is 32.0 Å². The topological polar surface area (TPSA) is 68.9 Å². The summed E-state index contributed by atoms with van der Waals surface area (Å²) in [6, 6.07) is 11.7. The van der Waals surface area contributed by atoms with E-state index >= 15 is 0 Å². The molecule has 0 saturated carbocycles. The molecule has 4 nitrogen and oxygen atoms in total. The maximum Gasteiger partial charge on any atom is 0.128 e. The van der Waals surface area contributed by atoms with Crippen LogP contribution in [0, 0.1) is 17.2 Å². The largest absolute Gasteiger partial charge is 0.396 e. The SMILES string of the molecule is CC(C)C(CCO)Nc1cc(C#N)c2ccccc2n1. The number of aliphatic hydroxyl groups is 1. The second-order valence-electron chi connectivity index (χ2n) is 5.19. The summed E-state index contributed by atoms with van der Waals surface area (Å²) >= 11 is 0. The Morgan fingerprint density at radius 3 is 2.75 bits per heavy atom. The first-order valence-corrected chi connectivity index (χ1v) is 6.83. The van der Waals surface area contributed by atoms with E-state index in [1.807, 2.05) is 24.3 Å². The van der Waals surface area contributed by atoms with Gasteiger partial charge in [-0.25, -0.2) is 4.98 Å². The molecular weight excluding hydrogens is 250 g/mol. The van der Waals surface area contributed by atoms with Crippen LogP contribution < -0.4 is 5.32 Å². The molecule has 2 N–H and O–H groups in total. The molecule has 0 fully saturated rings. The molecule has 2 rings (SSSR count). The summed E-state index contributed by atoms with van der Waals surface area (Å²) in [7, 11) is 0. The Morgan fingerprint density at radius 1 is 1.35 bits per heavy atom. The Kier molecular flexibility index (Phi) is 4.54. The number of benzene rings is 1. The molecule has 1 unspecified atom stereocenters. The number of fused-ring (bicyclic) bond motifs is 1. The highest BCUT2D eigenvalue weighted by atomic mass is 16.3. The molecule has 0 radical (unpaired) electrons. The molecule has 20 heavy (non-hydrogen) atoms. The van der Waals surface area contributed by atoms with Gasteiger partial charge in [0, 0.05) is 18.0 Å². The van der Waals surface area contributed by atoms with Crippen LogP contribution in [0.15, 0.2) is 30.3 Å². The highest BCUT2D eigenvalue weighted by Gasteiger charge is 2.14. The highest BCUT2D eigenvalue weighted by molar-refractivity contribution is 5.86.